The van der Waals surface area contributed by atoms with Crippen LogP contribution in [0.1, 0.15) is 75.3 Å². The highest BCUT2D eigenvalue weighted by molar-refractivity contribution is 5.75. The third-order valence-electron chi connectivity index (χ3n) is 6.11. The van der Waals surface area contributed by atoms with E-state index >= 15 is 0 Å². The smallest absolute Gasteiger partial charge is 0.0100 e. The molecule has 1 aliphatic rings. The molecule has 0 fully saturated rings. The van der Waals surface area contributed by atoms with Gasteiger partial charge in [-0.3, -0.25) is 0 Å². The third kappa shape index (κ3) is 3.19. The zero-order valence-corrected chi connectivity index (χ0v) is 17.0. The molecule has 0 saturated heterocycles. The predicted octanol–water partition coefficient (Wildman–Crippen LogP) is 7.35. The highest BCUT2D eigenvalue weighted by Crippen LogP contribution is 2.47. The van der Waals surface area contributed by atoms with Crippen molar-refractivity contribution in [3.63, 3.8) is 0 Å². The Labute approximate surface area is 154 Å². The van der Waals surface area contributed by atoms with Crippen LogP contribution in [0.25, 0.3) is 17.2 Å². The molecule has 3 rings (SSSR count). The molecule has 2 aromatic rings. The topological polar surface area (TPSA) is 0 Å². The summed E-state index contributed by atoms with van der Waals surface area (Å²) >= 11 is 0. The largest absolute Gasteiger partial charge is 0.0871 e. The van der Waals surface area contributed by atoms with Gasteiger partial charge in [0.2, 0.25) is 0 Å². The number of allylic oxidation sites excluding steroid dienone is 1. The summed E-state index contributed by atoms with van der Waals surface area (Å²) in [6.07, 6.45) is 6.82. The minimum Gasteiger partial charge on any atom is -0.0871 e. The van der Waals surface area contributed by atoms with Crippen molar-refractivity contribution in [3.8, 4) is 11.1 Å². The van der Waals surface area contributed by atoms with E-state index in [9.17, 15) is 0 Å². The predicted molar refractivity (Wildman–Crippen MR) is 111 cm³/mol. The van der Waals surface area contributed by atoms with Crippen molar-refractivity contribution in [1.82, 2.24) is 0 Å². The molecule has 0 N–H and O–H groups in total. The van der Waals surface area contributed by atoms with Crippen molar-refractivity contribution in [3.05, 3.63) is 64.2 Å². The minimum atomic E-state index is 0.252. The molecule has 0 nitrogen and oxygen atoms in total. The van der Waals surface area contributed by atoms with Gasteiger partial charge in [-0.05, 0) is 89.5 Å². The van der Waals surface area contributed by atoms with Crippen LogP contribution in [0.15, 0.2) is 36.4 Å². The average Bonchev–Trinajstić information content (AvgIpc) is 2.54. The number of benzene rings is 2. The number of aryl methyl sites for hydroxylation is 2. The average molecular weight is 333 g/mol. The second-order valence-electron chi connectivity index (χ2n) is 9.05. The lowest BCUT2D eigenvalue weighted by atomic mass is 9.62. The van der Waals surface area contributed by atoms with Crippen LogP contribution in [0.3, 0.4) is 0 Å². The molecule has 0 heteroatoms. The number of hydrogen-bond acceptors (Lipinski definition) is 0. The molecule has 132 valence electrons. The van der Waals surface area contributed by atoms with Crippen LogP contribution < -0.4 is 0 Å². The zero-order chi connectivity index (χ0) is 18.4. The van der Waals surface area contributed by atoms with E-state index in [2.05, 4.69) is 91.0 Å². The van der Waals surface area contributed by atoms with Crippen LogP contribution >= 0.6 is 0 Å². The van der Waals surface area contributed by atoms with Gasteiger partial charge in [0, 0.05) is 0 Å². The Morgan fingerprint density at radius 3 is 1.92 bits per heavy atom. The van der Waals surface area contributed by atoms with Gasteiger partial charge in [0.25, 0.3) is 0 Å². The molecule has 0 atom stereocenters. The molecular weight excluding hydrogens is 300 g/mol. The van der Waals surface area contributed by atoms with Crippen LogP contribution in [-0.4, -0.2) is 0 Å². The molecule has 25 heavy (non-hydrogen) atoms. The van der Waals surface area contributed by atoms with Crippen LogP contribution in [0.2, 0.25) is 0 Å². The summed E-state index contributed by atoms with van der Waals surface area (Å²) in [7, 11) is 0. The second-order valence-corrected chi connectivity index (χ2v) is 9.05. The number of fused-ring (bicyclic) bond motifs is 1. The highest BCUT2D eigenvalue weighted by atomic mass is 14.4. The SMILES string of the molecule is C/C=C/c1ccc(C)c(-c2cc3c(cc2C)C(C)(C)CCC3(C)C)c1. The standard InChI is InChI=1S/C25H32/c1-8-9-19-11-10-17(2)20(15-19)21-16-23-22(14-18(21)3)24(4,5)12-13-25(23,6)7/h8-11,14-16H,12-13H2,1-7H3/b9-8+. The fraction of sp³-hybridized carbons (Fsp3) is 0.440. The molecule has 0 aliphatic heterocycles. The normalized spacial score (nSPS) is 18.4. The fourth-order valence-corrected chi connectivity index (χ4v) is 4.24. The second kappa shape index (κ2) is 6.16. The first kappa shape index (κ1) is 18.0. The molecule has 0 unspecified atom stereocenters. The Morgan fingerprint density at radius 1 is 0.760 bits per heavy atom. The van der Waals surface area contributed by atoms with Gasteiger partial charge in [0.05, 0.1) is 0 Å². The maximum absolute atomic E-state index is 2.49. The van der Waals surface area contributed by atoms with Crippen LogP contribution in [0, 0.1) is 13.8 Å². The lowest BCUT2D eigenvalue weighted by Crippen LogP contribution is -2.34. The Balaban J connectivity index is 2.25. The third-order valence-corrected chi connectivity index (χ3v) is 6.11. The lowest BCUT2D eigenvalue weighted by Gasteiger charge is -2.42. The van der Waals surface area contributed by atoms with Gasteiger partial charge >= 0.3 is 0 Å². The summed E-state index contributed by atoms with van der Waals surface area (Å²) in [4.78, 5) is 0. The van der Waals surface area contributed by atoms with Crippen molar-refractivity contribution >= 4 is 6.08 Å². The van der Waals surface area contributed by atoms with Crippen molar-refractivity contribution < 1.29 is 0 Å². The first-order chi connectivity index (χ1) is 11.7. The van der Waals surface area contributed by atoms with Crippen LogP contribution in [0.4, 0.5) is 0 Å². The van der Waals surface area contributed by atoms with Gasteiger partial charge in [-0.15, -0.1) is 0 Å². The molecule has 0 heterocycles. The monoisotopic (exact) mass is 332 g/mol. The van der Waals surface area contributed by atoms with Gasteiger partial charge in [0.15, 0.2) is 0 Å². The summed E-state index contributed by atoms with van der Waals surface area (Å²) in [5, 5.41) is 0. The van der Waals surface area contributed by atoms with E-state index in [0.717, 1.165) is 0 Å². The van der Waals surface area contributed by atoms with Gasteiger partial charge in [0.1, 0.15) is 0 Å². The van der Waals surface area contributed by atoms with E-state index in [1.165, 1.54) is 40.7 Å². The van der Waals surface area contributed by atoms with Crippen LogP contribution in [-0.2, 0) is 10.8 Å². The van der Waals surface area contributed by atoms with Crippen molar-refractivity contribution in [2.75, 3.05) is 0 Å². The quantitative estimate of drug-likeness (QED) is 0.539. The molecule has 0 spiro atoms. The van der Waals surface area contributed by atoms with E-state index < -0.39 is 0 Å². The maximum atomic E-state index is 2.49. The molecule has 0 bridgehead atoms. The van der Waals surface area contributed by atoms with E-state index in [1.807, 2.05) is 0 Å². The first-order valence-corrected chi connectivity index (χ1v) is 9.55. The molecule has 0 amide bonds. The summed E-state index contributed by atoms with van der Waals surface area (Å²) in [5.74, 6) is 0. The minimum absolute atomic E-state index is 0.252. The fourth-order valence-electron chi connectivity index (χ4n) is 4.24. The van der Waals surface area contributed by atoms with Gasteiger partial charge in [-0.1, -0.05) is 64.1 Å². The lowest BCUT2D eigenvalue weighted by molar-refractivity contribution is 0.332. The van der Waals surface area contributed by atoms with Gasteiger partial charge < -0.3 is 0 Å². The number of rotatable bonds is 2. The molecule has 2 aromatic carbocycles. The van der Waals surface area contributed by atoms with E-state index in [1.54, 1.807) is 11.1 Å². The van der Waals surface area contributed by atoms with Crippen molar-refractivity contribution in [2.45, 2.75) is 72.1 Å². The summed E-state index contributed by atoms with van der Waals surface area (Å²) in [5.41, 5.74) is 10.4. The maximum Gasteiger partial charge on any atom is -0.0100 e. The summed E-state index contributed by atoms with van der Waals surface area (Å²) in [6, 6.07) is 11.8. The Kier molecular flexibility index (Phi) is 4.43. The molecule has 0 radical (unpaired) electrons. The van der Waals surface area contributed by atoms with Gasteiger partial charge in [-0.2, -0.15) is 0 Å². The molecule has 0 saturated carbocycles. The van der Waals surface area contributed by atoms with E-state index in [-0.39, 0.29) is 10.8 Å². The Bertz CT molecular complexity index is 831. The molecule has 1 aliphatic carbocycles. The molecular formula is C25H32. The number of hydrogen-bond donors (Lipinski definition) is 0. The summed E-state index contributed by atoms with van der Waals surface area (Å²) in [6.45, 7) is 16.2. The highest BCUT2D eigenvalue weighted by Gasteiger charge is 2.37. The van der Waals surface area contributed by atoms with E-state index in [4.69, 9.17) is 0 Å². The summed E-state index contributed by atoms with van der Waals surface area (Å²) < 4.78 is 0. The first-order valence-electron chi connectivity index (χ1n) is 9.55. The van der Waals surface area contributed by atoms with Crippen molar-refractivity contribution in [2.24, 2.45) is 0 Å². The Morgan fingerprint density at radius 2 is 1.32 bits per heavy atom. The Hall–Kier alpha value is -1.82. The molecule has 0 aromatic heterocycles. The van der Waals surface area contributed by atoms with E-state index in [0.29, 0.717) is 0 Å². The van der Waals surface area contributed by atoms with Gasteiger partial charge in [-0.25, -0.2) is 0 Å². The zero-order valence-electron chi connectivity index (χ0n) is 17.0. The van der Waals surface area contributed by atoms with Crippen LogP contribution in [0.5, 0.6) is 0 Å². The van der Waals surface area contributed by atoms with Crippen molar-refractivity contribution in [1.29, 1.82) is 0 Å².